The van der Waals surface area contributed by atoms with E-state index in [0.717, 1.165) is 17.1 Å². The van der Waals surface area contributed by atoms with Gasteiger partial charge in [-0.25, -0.2) is 0 Å². The third-order valence-corrected chi connectivity index (χ3v) is 3.45. The van der Waals surface area contributed by atoms with Crippen molar-refractivity contribution in [3.63, 3.8) is 0 Å². The van der Waals surface area contributed by atoms with Gasteiger partial charge in [-0.2, -0.15) is 0 Å². The van der Waals surface area contributed by atoms with E-state index in [2.05, 4.69) is 24.3 Å². The Labute approximate surface area is 135 Å². The Hall–Kier alpha value is -2.51. The number of hydrogen-bond donors (Lipinski definition) is 0. The van der Waals surface area contributed by atoms with E-state index >= 15 is 0 Å². The van der Waals surface area contributed by atoms with Crippen LogP contribution in [0.3, 0.4) is 0 Å². The molecule has 3 rings (SSSR count). The molecule has 0 aliphatic carbocycles. The monoisotopic (exact) mass is 306 g/mol. The minimum Gasteiger partial charge on any atom is -0.457 e. The summed E-state index contributed by atoms with van der Waals surface area (Å²) in [4.78, 5) is 0. The summed E-state index contributed by atoms with van der Waals surface area (Å²) < 4.78 is 5.77. The molecule has 0 spiro atoms. The molecule has 0 aliphatic heterocycles. The van der Waals surface area contributed by atoms with Crippen molar-refractivity contribution >= 4 is 23.8 Å². The van der Waals surface area contributed by atoms with Crippen molar-refractivity contribution in [2.24, 2.45) is 0 Å². The van der Waals surface area contributed by atoms with Crippen LogP contribution < -0.4 is 4.74 Å². The van der Waals surface area contributed by atoms with Gasteiger partial charge < -0.3 is 4.74 Å². The molecule has 3 aromatic rings. The quantitative estimate of drug-likeness (QED) is 0.514. The van der Waals surface area contributed by atoms with E-state index in [9.17, 15) is 0 Å². The Morgan fingerprint density at radius 2 is 1.09 bits per heavy atom. The highest BCUT2D eigenvalue weighted by molar-refractivity contribution is 6.30. The Bertz CT molecular complexity index is 744. The van der Waals surface area contributed by atoms with Crippen molar-refractivity contribution in [1.82, 2.24) is 0 Å². The van der Waals surface area contributed by atoms with Crippen molar-refractivity contribution in [2.45, 2.75) is 0 Å². The van der Waals surface area contributed by atoms with Crippen LogP contribution in [-0.4, -0.2) is 0 Å². The predicted octanol–water partition coefficient (Wildman–Crippen LogP) is 6.30. The smallest absolute Gasteiger partial charge is 0.127 e. The lowest BCUT2D eigenvalue weighted by atomic mass is 10.1. The van der Waals surface area contributed by atoms with Crippen molar-refractivity contribution < 1.29 is 4.74 Å². The van der Waals surface area contributed by atoms with Crippen LogP contribution in [0.15, 0.2) is 78.9 Å². The second kappa shape index (κ2) is 6.97. The van der Waals surface area contributed by atoms with Gasteiger partial charge in [-0.3, -0.25) is 0 Å². The molecule has 0 aliphatic rings. The average Bonchev–Trinajstić information content (AvgIpc) is 2.57. The van der Waals surface area contributed by atoms with Gasteiger partial charge in [-0.1, -0.05) is 66.2 Å². The van der Waals surface area contributed by atoms with Gasteiger partial charge in [0.05, 0.1) is 0 Å². The summed E-state index contributed by atoms with van der Waals surface area (Å²) in [6.07, 6.45) is 4.18. The minimum absolute atomic E-state index is 0.703. The fraction of sp³-hybridized carbons (Fsp3) is 0. The van der Waals surface area contributed by atoms with Gasteiger partial charge in [0.15, 0.2) is 0 Å². The molecule has 0 saturated carbocycles. The number of halogens is 1. The first-order valence-corrected chi connectivity index (χ1v) is 7.44. The molecule has 22 heavy (non-hydrogen) atoms. The summed E-state index contributed by atoms with van der Waals surface area (Å²) in [5, 5.41) is 0.703. The fourth-order valence-electron chi connectivity index (χ4n) is 2.04. The van der Waals surface area contributed by atoms with Crippen molar-refractivity contribution in [2.75, 3.05) is 0 Å². The molecular weight excluding hydrogens is 292 g/mol. The molecular formula is C20H15ClO. The molecule has 0 N–H and O–H groups in total. The van der Waals surface area contributed by atoms with Crippen LogP contribution in [0.1, 0.15) is 11.1 Å². The van der Waals surface area contributed by atoms with E-state index in [1.165, 1.54) is 5.56 Å². The maximum absolute atomic E-state index is 5.86. The summed E-state index contributed by atoms with van der Waals surface area (Å²) >= 11 is 5.86. The summed E-state index contributed by atoms with van der Waals surface area (Å²) in [6, 6.07) is 25.5. The molecule has 3 aromatic carbocycles. The van der Waals surface area contributed by atoms with Gasteiger partial charge in [-0.15, -0.1) is 0 Å². The topological polar surface area (TPSA) is 9.23 Å². The Kier molecular flexibility index (Phi) is 4.57. The first-order chi connectivity index (χ1) is 10.8. The molecule has 0 aromatic heterocycles. The van der Waals surface area contributed by atoms with E-state index in [1.54, 1.807) is 0 Å². The van der Waals surface area contributed by atoms with Crippen LogP contribution in [0.2, 0.25) is 5.02 Å². The summed E-state index contributed by atoms with van der Waals surface area (Å²) in [5.41, 5.74) is 2.32. The van der Waals surface area contributed by atoms with Crippen LogP contribution in [0.25, 0.3) is 12.2 Å². The van der Waals surface area contributed by atoms with Crippen molar-refractivity contribution in [1.29, 1.82) is 0 Å². The van der Waals surface area contributed by atoms with E-state index in [4.69, 9.17) is 16.3 Å². The van der Waals surface area contributed by atoms with E-state index < -0.39 is 0 Å². The molecule has 0 fully saturated rings. The van der Waals surface area contributed by atoms with Gasteiger partial charge in [0.25, 0.3) is 0 Å². The highest BCUT2D eigenvalue weighted by atomic mass is 35.5. The van der Waals surface area contributed by atoms with E-state index in [0.29, 0.717) is 5.02 Å². The maximum Gasteiger partial charge on any atom is 0.127 e. The zero-order valence-corrected chi connectivity index (χ0v) is 12.7. The molecule has 1 nitrogen and oxygen atoms in total. The second-order valence-electron chi connectivity index (χ2n) is 4.87. The third-order valence-electron chi connectivity index (χ3n) is 3.20. The lowest BCUT2D eigenvalue weighted by Crippen LogP contribution is -1.83. The van der Waals surface area contributed by atoms with Gasteiger partial charge >= 0.3 is 0 Å². The Balaban J connectivity index is 1.67. The van der Waals surface area contributed by atoms with E-state index in [1.807, 2.05) is 66.7 Å². The zero-order valence-electron chi connectivity index (χ0n) is 11.9. The number of benzene rings is 3. The third kappa shape index (κ3) is 4.00. The van der Waals surface area contributed by atoms with Crippen LogP contribution in [-0.2, 0) is 0 Å². The van der Waals surface area contributed by atoms with Crippen LogP contribution >= 0.6 is 11.6 Å². The first-order valence-electron chi connectivity index (χ1n) is 7.06. The average molecular weight is 307 g/mol. The maximum atomic E-state index is 5.86. The van der Waals surface area contributed by atoms with Crippen LogP contribution in [0, 0.1) is 0 Å². The van der Waals surface area contributed by atoms with Gasteiger partial charge in [-0.05, 0) is 47.5 Å². The van der Waals surface area contributed by atoms with Crippen molar-refractivity contribution in [3.8, 4) is 11.5 Å². The van der Waals surface area contributed by atoms with Gasteiger partial charge in [0, 0.05) is 5.02 Å². The normalized spacial score (nSPS) is 10.8. The standard InChI is InChI=1S/C20H15ClO/c21-18-10-14-20(15-11-18)22-19-12-8-17(9-13-19)7-6-16-4-2-1-3-5-16/h1-15H. The summed E-state index contributed by atoms with van der Waals surface area (Å²) in [6.45, 7) is 0. The fourth-order valence-corrected chi connectivity index (χ4v) is 2.17. The number of ether oxygens (including phenoxy) is 1. The minimum atomic E-state index is 0.703. The number of hydrogen-bond acceptors (Lipinski definition) is 1. The first kappa shape index (κ1) is 14.4. The second-order valence-corrected chi connectivity index (χ2v) is 5.31. The Morgan fingerprint density at radius 1 is 0.591 bits per heavy atom. The zero-order chi connectivity index (χ0) is 15.2. The van der Waals surface area contributed by atoms with Gasteiger partial charge in [0.1, 0.15) is 11.5 Å². The molecule has 0 saturated heterocycles. The van der Waals surface area contributed by atoms with Crippen LogP contribution in [0.5, 0.6) is 11.5 Å². The lowest BCUT2D eigenvalue weighted by molar-refractivity contribution is 0.482. The Morgan fingerprint density at radius 3 is 1.68 bits per heavy atom. The van der Waals surface area contributed by atoms with E-state index in [-0.39, 0.29) is 0 Å². The molecule has 0 heterocycles. The highest BCUT2D eigenvalue weighted by Crippen LogP contribution is 2.23. The van der Waals surface area contributed by atoms with Crippen molar-refractivity contribution in [3.05, 3.63) is 95.0 Å². The number of rotatable bonds is 4. The molecule has 0 bridgehead atoms. The molecule has 0 amide bonds. The summed E-state index contributed by atoms with van der Waals surface area (Å²) in [7, 11) is 0. The van der Waals surface area contributed by atoms with Gasteiger partial charge in [0.2, 0.25) is 0 Å². The molecule has 2 heteroatoms. The predicted molar refractivity (Wildman–Crippen MR) is 93.3 cm³/mol. The molecule has 0 unspecified atom stereocenters. The molecule has 108 valence electrons. The largest absolute Gasteiger partial charge is 0.457 e. The molecule has 0 radical (unpaired) electrons. The van der Waals surface area contributed by atoms with Crippen LogP contribution in [0.4, 0.5) is 0 Å². The highest BCUT2D eigenvalue weighted by Gasteiger charge is 1.97. The molecule has 0 atom stereocenters. The summed E-state index contributed by atoms with van der Waals surface area (Å²) in [5.74, 6) is 1.58. The SMILES string of the molecule is Clc1ccc(Oc2ccc(C=Cc3ccccc3)cc2)cc1. The lowest BCUT2D eigenvalue weighted by Gasteiger charge is -2.05.